The Morgan fingerprint density at radius 2 is 2.20 bits per heavy atom. The molecule has 0 fully saturated rings. The summed E-state index contributed by atoms with van der Waals surface area (Å²) in [5.74, 6) is 0.902. The summed E-state index contributed by atoms with van der Waals surface area (Å²) in [6.45, 7) is 10.2. The van der Waals surface area contributed by atoms with Crippen molar-refractivity contribution in [1.29, 1.82) is 0 Å². The van der Waals surface area contributed by atoms with Gasteiger partial charge in [-0.15, -0.1) is 11.3 Å². The molecule has 0 saturated carbocycles. The zero-order valence-electron chi connectivity index (χ0n) is 15.4. The van der Waals surface area contributed by atoms with E-state index in [1.54, 1.807) is 23.1 Å². The Morgan fingerprint density at radius 3 is 2.88 bits per heavy atom. The third kappa shape index (κ3) is 4.10. The Balaban J connectivity index is 2.06. The van der Waals surface area contributed by atoms with Gasteiger partial charge in [0.15, 0.2) is 5.16 Å². The summed E-state index contributed by atoms with van der Waals surface area (Å²) < 4.78 is 6.11. The number of aromatic nitrogens is 2. The molecule has 2 aromatic rings. The quantitative estimate of drug-likeness (QED) is 0.425. The zero-order chi connectivity index (χ0) is 18.0. The smallest absolute Gasteiger partial charge is 0.191 e. The van der Waals surface area contributed by atoms with Crippen molar-refractivity contribution in [3.05, 3.63) is 10.4 Å². The number of thiophene rings is 1. The van der Waals surface area contributed by atoms with Crippen LogP contribution in [-0.4, -0.2) is 39.1 Å². The topological polar surface area (TPSA) is 67.3 Å². The van der Waals surface area contributed by atoms with Crippen LogP contribution in [0.1, 0.15) is 51.0 Å². The van der Waals surface area contributed by atoms with E-state index in [-0.39, 0.29) is 12.2 Å². The van der Waals surface area contributed by atoms with Crippen LogP contribution in [0.2, 0.25) is 0 Å². The molecule has 0 spiro atoms. The first-order chi connectivity index (χ1) is 12.0. The van der Waals surface area contributed by atoms with E-state index < -0.39 is 0 Å². The average Bonchev–Trinajstić information content (AvgIpc) is 2.92. The number of hydrogen-bond acceptors (Lipinski definition) is 7. The largest absolute Gasteiger partial charge is 0.396 e. The summed E-state index contributed by atoms with van der Waals surface area (Å²) >= 11 is 3.41. The molecule has 7 heteroatoms. The summed E-state index contributed by atoms with van der Waals surface area (Å²) in [6, 6.07) is 0. The van der Waals surface area contributed by atoms with Crippen molar-refractivity contribution >= 4 is 39.1 Å². The highest BCUT2D eigenvalue weighted by molar-refractivity contribution is 7.99. The maximum atomic E-state index is 9.09. The molecule has 0 bridgehead atoms. The molecule has 1 atom stereocenters. The van der Waals surface area contributed by atoms with Gasteiger partial charge in [0, 0.05) is 29.7 Å². The van der Waals surface area contributed by atoms with Crippen LogP contribution in [0.4, 0.5) is 5.82 Å². The highest BCUT2D eigenvalue weighted by atomic mass is 32.2. The monoisotopic (exact) mass is 381 g/mol. The van der Waals surface area contributed by atoms with Crippen LogP contribution in [0.5, 0.6) is 0 Å². The van der Waals surface area contributed by atoms with Crippen molar-refractivity contribution in [2.75, 3.05) is 18.5 Å². The van der Waals surface area contributed by atoms with E-state index in [1.807, 2.05) is 0 Å². The Morgan fingerprint density at radius 1 is 1.40 bits per heavy atom. The predicted molar refractivity (Wildman–Crippen MR) is 106 cm³/mol. The van der Waals surface area contributed by atoms with Crippen LogP contribution in [0, 0.1) is 0 Å². The lowest BCUT2D eigenvalue weighted by Gasteiger charge is -2.33. The number of nitrogens with zero attached hydrogens (tertiary/aromatic N) is 2. The number of ether oxygens (including phenoxy) is 1. The van der Waals surface area contributed by atoms with Gasteiger partial charge >= 0.3 is 0 Å². The van der Waals surface area contributed by atoms with Crippen LogP contribution in [0.3, 0.4) is 0 Å². The number of nitrogens with one attached hydrogen (secondary N) is 1. The number of anilines is 1. The molecule has 0 aromatic carbocycles. The van der Waals surface area contributed by atoms with Crippen molar-refractivity contribution in [3.8, 4) is 0 Å². The van der Waals surface area contributed by atoms with Crippen molar-refractivity contribution in [2.45, 2.75) is 69.6 Å². The molecule has 3 heterocycles. The van der Waals surface area contributed by atoms with Gasteiger partial charge in [0.1, 0.15) is 10.6 Å². The second-order valence-corrected chi connectivity index (χ2v) is 9.61. The lowest BCUT2D eigenvalue weighted by Crippen LogP contribution is -2.34. The van der Waals surface area contributed by atoms with E-state index in [2.05, 4.69) is 33.0 Å². The van der Waals surface area contributed by atoms with E-state index in [0.717, 1.165) is 34.0 Å². The summed E-state index contributed by atoms with van der Waals surface area (Å²) in [5, 5.41) is 14.9. The number of aliphatic hydroxyl groups is 1. The second-order valence-electron chi connectivity index (χ2n) is 6.98. The van der Waals surface area contributed by atoms with Gasteiger partial charge < -0.3 is 15.2 Å². The lowest BCUT2D eigenvalue weighted by molar-refractivity contribution is -0.0542. The molecule has 2 aromatic heterocycles. The Kier molecular flexibility index (Phi) is 5.88. The molecule has 0 saturated heterocycles. The molecule has 0 aliphatic carbocycles. The lowest BCUT2D eigenvalue weighted by atomic mass is 9.90. The van der Waals surface area contributed by atoms with Gasteiger partial charge in [-0.25, -0.2) is 9.97 Å². The minimum atomic E-state index is -0.116. The molecule has 0 radical (unpaired) electrons. The van der Waals surface area contributed by atoms with Crippen LogP contribution >= 0.6 is 23.1 Å². The zero-order valence-corrected chi connectivity index (χ0v) is 17.0. The highest BCUT2D eigenvalue weighted by Gasteiger charge is 2.33. The first-order valence-electron chi connectivity index (χ1n) is 8.93. The molecule has 1 aliphatic heterocycles. The van der Waals surface area contributed by atoms with Gasteiger partial charge in [-0.1, -0.05) is 32.5 Å². The first kappa shape index (κ1) is 18.9. The van der Waals surface area contributed by atoms with Crippen LogP contribution < -0.4 is 5.32 Å². The second kappa shape index (κ2) is 7.78. The van der Waals surface area contributed by atoms with Crippen LogP contribution in [-0.2, 0) is 17.8 Å². The minimum absolute atomic E-state index is 0.116. The van der Waals surface area contributed by atoms with Gasteiger partial charge in [-0.05, 0) is 25.3 Å². The first-order valence-corrected chi connectivity index (χ1v) is 10.6. The number of fused-ring (bicyclic) bond motifs is 3. The number of rotatable bonds is 7. The predicted octanol–water partition coefficient (Wildman–Crippen LogP) is 4.23. The Bertz CT molecular complexity index is 747. The van der Waals surface area contributed by atoms with Gasteiger partial charge in [0.25, 0.3) is 0 Å². The van der Waals surface area contributed by atoms with E-state index >= 15 is 0 Å². The molecule has 5 nitrogen and oxygen atoms in total. The highest BCUT2D eigenvalue weighted by Crippen LogP contribution is 2.42. The van der Waals surface area contributed by atoms with E-state index in [0.29, 0.717) is 24.8 Å². The molecular weight excluding hydrogens is 354 g/mol. The van der Waals surface area contributed by atoms with Crippen molar-refractivity contribution in [1.82, 2.24) is 9.97 Å². The molecule has 0 unspecified atom stereocenters. The van der Waals surface area contributed by atoms with Crippen LogP contribution in [0.25, 0.3) is 10.2 Å². The maximum Gasteiger partial charge on any atom is 0.191 e. The van der Waals surface area contributed by atoms with Crippen molar-refractivity contribution in [2.24, 2.45) is 0 Å². The summed E-state index contributed by atoms with van der Waals surface area (Å²) in [7, 11) is 0. The molecule has 0 amide bonds. The van der Waals surface area contributed by atoms with Gasteiger partial charge in [0.2, 0.25) is 0 Å². The summed E-state index contributed by atoms with van der Waals surface area (Å²) in [6.07, 6.45) is 2.59. The molecule has 2 N–H and O–H groups in total. The van der Waals surface area contributed by atoms with Gasteiger partial charge in [0.05, 0.1) is 17.6 Å². The van der Waals surface area contributed by atoms with E-state index in [4.69, 9.17) is 19.8 Å². The fourth-order valence-electron chi connectivity index (χ4n) is 2.96. The SMILES string of the molecule is CC[C@]1(C)Cc2c(sc3nc(SC(C)C)nc(NCCCO)c23)CO1. The van der Waals surface area contributed by atoms with Crippen molar-refractivity contribution < 1.29 is 9.84 Å². The minimum Gasteiger partial charge on any atom is -0.396 e. The van der Waals surface area contributed by atoms with Crippen LogP contribution in [0.15, 0.2) is 5.16 Å². The molecule has 138 valence electrons. The summed E-state index contributed by atoms with van der Waals surface area (Å²) in [5.41, 5.74) is 1.22. The molecule has 25 heavy (non-hydrogen) atoms. The van der Waals surface area contributed by atoms with Crippen molar-refractivity contribution in [3.63, 3.8) is 0 Å². The van der Waals surface area contributed by atoms with Gasteiger partial charge in [-0.3, -0.25) is 0 Å². The Labute approximate surface area is 157 Å². The molecular formula is C18H27N3O2S2. The normalized spacial score (nSPS) is 20.2. The van der Waals surface area contributed by atoms with E-state index in [9.17, 15) is 0 Å². The van der Waals surface area contributed by atoms with E-state index in [1.165, 1.54) is 10.4 Å². The molecule has 1 aliphatic rings. The van der Waals surface area contributed by atoms with Gasteiger partial charge in [-0.2, -0.15) is 0 Å². The number of thioether (sulfide) groups is 1. The standard InChI is InChI=1S/C18H27N3O2S2/c1-5-18(4)9-12-13(10-23-18)25-16-14(12)15(19-7-6-8-22)20-17(21-16)24-11(2)3/h11,22H,5-10H2,1-4H3,(H,19,20,21)/t18-/m1/s1. The molecule has 3 rings (SSSR count). The average molecular weight is 382 g/mol. The fourth-order valence-corrected chi connectivity index (χ4v) is 4.83. The number of aliphatic hydroxyl groups excluding tert-OH is 1. The number of hydrogen-bond donors (Lipinski definition) is 2. The fraction of sp³-hybridized carbons (Fsp3) is 0.667. The third-order valence-electron chi connectivity index (χ3n) is 4.53. The maximum absolute atomic E-state index is 9.09. The Hall–Kier alpha value is -0.890. The summed E-state index contributed by atoms with van der Waals surface area (Å²) in [4.78, 5) is 11.9. The third-order valence-corrected chi connectivity index (χ3v) is 6.50.